The zero-order chi connectivity index (χ0) is 26.2. The molecule has 0 bridgehead atoms. The quantitative estimate of drug-likeness (QED) is 0.252. The fourth-order valence-corrected chi connectivity index (χ4v) is 8.08. The average Bonchev–Trinajstić information content (AvgIpc) is 2.83. The summed E-state index contributed by atoms with van der Waals surface area (Å²) in [4.78, 5) is 0. The second kappa shape index (κ2) is 11.7. The number of hydrogen-bond donors (Lipinski definition) is 0. The molecule has 0 heterocycles. The minimum absolute atomic E-state index is 0.209. The lowest BCUT2D eigenvalue weighted by molar-refractivity contribution is -0.274. The van der Waals surface area contributed by atoms with Crippen LogP contribution in [0.5, 0.6) is 5.75 Å². The lowest BCUT2D eigenvalue weighted by Gasteiger charge is -2.28. The number of halogens is 3. The highest BCUT2D eigenvalue weighted by Gasteiger charge is 2.45. The lowest BCUT2D eigenvalue weighted by Crippen LogP contribution is -2.32. The molecule has 0 atom stereocenters. The molecule has 0 aliphatic carbocycles. The molecular weight excluding hydrogens is 508 g/mol. The van der Waals surface area contributed by atoms with Crippen molar-refractivity contribution in [1.29, 1.82) is 0 Å². The van der Waals surface area contributed by atoms with E-state index < -0.39 is 23.7 Å². The van der Waals surface area contributed by atoms with Gasteiger partial charge in [-0.15, -0.1) is 13.2 Å². The molecule has 188 valence electrons. The van der Waals surface area contributed by atoms with Gasteiger partial charge in [0.25, 0.3) is 0 Å². The Morgan fingerprint density at radius 1 is 0.694 bits per heavy atom. The van der Waals surface area contributed by atoms with Gasteiger partial charge in [-0.2, -0.15) is 0 Å². The Labute approximate surface area is 209 Å². The minimum atomic E-state index is -4.70. The highest BCUT2D eigenvalue weighted by Crippen LogP contribution is 2.58. The van der Waals surface area contributed by atoms with Gasteiger partial charge < -0.3 is 9.29 Å². The van der Waals surface area contributed by atoms with Crippen molar-refractivity contribution in [2.24, 2.45) is 0 Å². The summed E-state index contributed by atoms with van der Waals surface area (Å²) in [7, 11) is -6.01. The molecule has 0 spiro atoms. The van der Waals surface area contributed by atoms with Crippen molar-refractivity contribution in [3.63, 3.8) is 0 Å². The van der Waals surface area contributed by atoms with Crippen LogP contribution in [0.25, 0.3) is 0 Å². The molecule has 0 radical (unpaired) electrons. The maximum Gasteiger partial charge on any atom is 0.573 e. The van der Waals surface area contributed by atoms with Gasteiger partial charge in [0, 0.05) is 6.26 Å². The molecule has 0 aliphatic heterocycles. The molecule has 36 heavy (non-hydrogen) atoms. The molecule has 4 aromatic carbocycles. The van der Waals surface area contributed by atoms with Gasteiger partial charge in [0.15, 0.2) is 0 Å². The van der Waals surface area contributed by atoms with E-state index in [1.165, 1.54) is 28.0 Å². The van der Waals surface area contributed by atoms with E-state index in [0.717, 1.165) is 5.56 Å². The Hall–Kier alpha value is -3.19. The lowest BCUT2D eigenvalue weighted by atomic mass is 10.2. The monoisotopic (exact) mass is 532 g/mol. The SMILES string of the molecule is CS(=O)(=O)[O-].FC(F)(F)Oc1ccc(C[P+](c2ccccc2)(c2ccccc2)c2ccccc2)cc1. The van der Waals surface area contributed by atoms with Gasteiger partial charge in [-0.3, -0.25) is 0 Å². The van der Waals surface area contributed by atoms with Gasteiger partial charge in [-0.25, -0.2) is 8.42 Å². The van der Waals surface area contributed by atoms with Crippen LogP contribution in [0.1, 0.15) is 5.56 Å². The van der Waals surface area contributed by atoms with Crippen molar-refractivity contribution in [1.82, 2.24) is 0 Å². The molecule has 0 aliphatic rings. The maximum absolute atomic E-state index is 12.6. The summed E-state index contributed by atoms with van der Waals surface area (Å²) in [5.74, 6) is -0.209. The first-order valence-electron chi connectivity index (χ1n) is 10.8. The summed E-state index contributed by atoms with van der Waals surface area (Å²) < 4.78 is 69.0. The second-order valence-corrected chi connectivity index (χ2v) is 12.8. The Kier molecular flexibility index (Phi) is 8.90. The molecule has 0 saturated carbocycles. The van der Waals surface area contributed by atoms with E-state index in [2.05, 4.69) is 41.1 Å². The minimum Gasteiger partial charge on any atom is -0.748 e. The number of benzene rings is 4. The summed E-state index contributed by atoms with van der Waals surface area (Å²) >= 11 is 0. The van der Waals surface area contributed by atoms with Crippen LogP contribution >= 0.6 is 7.26 Å². The summed E-state index contributed by atoms with van der Waals surface area (Å²) in [6, 6.07) is 37.3. The van der Waals surface area contributed by atoms with Crippen LogP contribution < -0.4 is 20.7 Å². The van der Waals surface area contributed by atoms with Crippen molar-refractivity contribution in [3.8, 4) is 5.75 Å². The van der Waals surface area contributed by atoms with E-state index in [4.69, 9.17) is 13.0 Å². The van der Waals surface area contributed by atoms with Crippen LogP contribution in [-0.2, 0) is 16.3 Å². The van der Waals surface area contributed by atoms with Gasteiger partial charge in [-0.05, 0) is 54.1 Å². The molecule has 4 rings (SSSR count). The molecule has 0 fully saturated rings. The second-order valence-electron chi connectivity index (χ2n) is 7.87. The van der Waals surface area contributed by atoms with Crippen molar-refractivity contribution in [2.75, 3.05) is 6.26 Å². The Morgan fingerprint density at radius 3 is 1.33 bits per heavy atom. The summed E-state index contributed by atoms with van der Waals surface area (Å²) in [6.07, 6.45) is -3.40. The Balaban J connectivity index is 0.000000658. The topological polar surface area (TPSA) is 66.4 Å². The van der Waals surface area contributed by atoms with E-state index >= 15 is 0 Å². The highest BCUT2D eigenvalue weighted by atomic mass is 32.2. The van der Waals surface area contributed by atoms with E-state index in [9.17, 15) is 13.2 Å². The van der Waals surface area contributed by atoms with Crippen molar-refractivity contribution < 1.29 is 30.9 Å². The van der Waals surface area contributed by atoms with E-state index in [0.29, 0.717) is 12.4 Å². The molecule has 4 nitrogen and oxygen atoms in total. The summed E-state index contributed by atoms with van der Waals surface area (Å²) in [6.45, 7) is 0. The molecule has 0 saturated heterocycles. The zero-order valence-electron chi connectivity index (χ0n) is 19.3. The number of alkyl halides is 3. The van der Waals surface area contributed by atoms with Gasteiger partial charge in [-0.1, -0.05) is 66.7 Å². The smallest absolute Gasteiger partial charge is 0.573 e. The maximum atomic E-state index is 12.6. The van der Waals surface area contributed by atoms with E-state index in [1.54, 1.807) is 12.1 Å². The van der Waals surface area contributed by atoms with Crippen molar-refractivity contribution in [3.05, 3.63) is 121 Å². The standard InChI is InChI=1S/C26H21F3OP.CH4O3S/c27-26(28,29)30-22-18-16-21(17-19-22)20-31(23-10-4-1-5-11-23,24-12-6-2-7-13-24)25-14-8-3-9-15-25;1-5(2,3)4/h1-19H,20H2;1H3,(H,2,3,4)/q+1;/p-1. The third kappa shape index (κ3) is 7.92. The normalized spacial score (nSPS) is 11.8. The molecule has 9 heteroatoms. The Morgan fingerprint density at radius 2 is 1.03 bits per heavy atom. The number of rotatable bonds is 6. The van der Waals surface area contributed by atoms with Gasteiger partial charge in [0.2, 0.25) is 0 Å². The van der Waals surface area contributed by atoms with E-state index in [-0.39, 0.29) is 5.75 Å². The predicted octanol–water partition coefficient (Wildman–Crippen LogP) is 5.24. The van der Waals surface area contributed by atoms with E-state index in [1.807, 2.05) is 54.6 Å². The van der Waals surface area contributed by atoms with Gasteiger partial charge >= 0.3 is 6.36 Å². The van der Waals surface area contributed by atoms with Crippen molar-refractivity contribution >= 4 is 33.3 Å². The van der Waals surface area contributed by atoms with Crippen LogP contribution in [0.2, 0.25) is 0 Å². The molecule has 4 aromatic rings. The largest absolute Gasteiger partial charge is 0.748 e. The average molecular weight is 533 g/mol. The molecule has 0 amide bonds. The number of ether oxygens (including phenoxy) is 1. The van der Waals surface area contributed by atoms with Crippen LogP contribution in [0.3, 0.4) is 0 Å². The molecular formula is C27H24F3O4PS. The summed E-state index contributed by atoms with van der Waals surface area (Å²) in [5, 5.41) is 3.68. The first kappa shape index (κ1) is 27.4. The van der Waals surface area contributed by atoms with Crippen LogP contribution in [0, 0.1) is 0 Å². The first-order chi connectivity index (χ1) is 17.0. The molecule has 0 N–H and O–H groups in total. The van der Waals surface area contributed by atoms with Gasteiger partial charge in [0.05, 0.1) is 16.3 Å². The van der Waals surface area contributed by atoms with Crippen LogP contribution in [0.15, 0.2) is 115 Å². The van der Waals surface area contributed by atoms with Gasteiger partial charge in [0.1, 0.15) is 28.9 Å². The summed E-state index contributed by atoms with van der Waals surface area (Å²) in [5.41, 5.74) is 0.958. The number of hydrogen-bond acceptors (Lipinski definition) is 4. The predicted molar refractivity (Wildman–Crippen MR) is 138 cm³/mol. The molecule has 0 aromatic heterocycles. The zero-order valence-corrected chi connectivity index (χ0v) is 21.0. The molecule has 0 unspecified atom stereocenters. The third-order valence-corrected chi connectivity index (χ3v) is 9.55. The van der Waals surface area contributed by atoms with Crippen LogP contribution in [-0.4, -0.2) is 25.6 Å². The highest BCUT2D eigenvalue weighted by molar-refractivity contribution is 7.95. The third-order valence-electron chi connectivity index (χ3n) is 5.17. The Bertz CT molecular complexity index is 1230. The fraction of sp³-hybridized carbons (Fsp3) is 0.111. The first-order valence-corrected chi connectivity index (χ1v) is 14.6. The fourth-order valence-electron chi connectivity index (χ4n) is 3.84. The van der Waals surface area contributed by atoms with Crippen LogP contribution in [0.4, 0.5) is 13.2 Å². The van der Waals surface area contributed by atoms with Crippen molar-refractivity contribution in [2.45, 2.75) is 12.5 Å².